The van der Waals surface area contributed by atoms with Crippen LogP contribution in [-0.2, 0) is 14.8 Å². The van der Waals surface area contributed by atoms with E-state index in [4.69, 9.17) is 23.2 Å². The summed E-state index contributed by atoms with van der Waals surface area (Å²) in [6, 6.07) is 14.9. The molecule has 0 saturated heterocycles. The number of hydrogen-bond donors (Lipinski definition) is 3. The average Bonchev–Trinajstić information content (AvgIpc) is 2.67. The molecule has 0 spiro atoms. The molecule has 0 unspecified atom stereocenters. The molecule has 7 nitrogen and oxygen atoms in total. The van der Waals surface area contributed by atoms with E-state index in [1.165, 1.54) is 12.1 Å². The highest BCUT2D eigenvalue weighted by atomic mass is 35.5. The third-order valence-corrected chi connectivity index (χ3v) is 5.19. The lowest BCUT2D eigenvalue weighted by Crippen LogP contribution is -2.33. The summed E-state index contributed by atoms with van der Waals surface area (Å²) in [6.07, 6.45) is 0.992. The summed E-state index contributed by atoms with van der Waals surface area (Å²) in [5, 5.41) is 7.24. The van der Waals surface area contributed by atoms with Crippen LogP contribution in [0.4, 0.5) is 11.4 Å². The van der Waals surface area contributed by atoms with Crippen LogP contribution in [0, 0.1) is 0 Å². The van der Waals surface area contributed by atoms with Crippen LogP contribution in [0.3, 0.4) is 0 Å². The molecule has 0 fully saturated rings. The number of carbonyl (C=O) groups excluding carboxylic acids is 2. The zero-order valence-corrected chi connectivity index (χ0v) is 18.0. The first kappa shape index (κ1) is 21.9. The van der Waals surface area contributed by atoms with Crippen LogP contribution in [0.15, 0.2) is 54.6 Å². The van der Waals surface area contributed by atoms with E-state index in [2.05, 4.69) is 15.4 Å². The van der Waals surface area contributed by atoms with Crippen molar-refractivity contribution >= 4 is 67.2 Å². The Kier molecular flexibility index (Phi) is 6.50. The first-order chi connectivity index (χ1) is 14.1. The Bertz CT molecular complexity index is 1250. The van der Waals surface area contributed by atoms with E-state index in [0.29, 0.717) is 15.7 Å². The summed E-state index contributed by atoms with van der Waals surface area (Å²) in [7, 11) is -3.62. The molecule has 0 atom stereocenters. The van der Waals surface area contributed by atoms with Gasteiger partial charge in [-0.1, -0.05) is 47.5 Å². The van der Waals surface area contributed by atoms with Crippen molar-refractivity contribution in [1.29, 1.82) is 0 Å². The van der Waals surface area contributed by atoms with Gasteiger partial charge in [-0.3, -0.25) is 14.3 Å². The van der Waals surface area contributed by atoms with E-state index < -0.39 is 21.8 Å². The Balaban J connectivity index is 1.79. The predicted octanol–water partition coefficient (Wildman–Crippen LogP) is 3.89. The molecule has 3 aromatic carbocycles. The monoisotopic (exact) mass is 465 g/mol. The quantitative estimate of drug-likeness (QED) is 0.513. The van der Waals surface area contributed by atoms with Gasteiger partial charge in [0.05, 0.1) is 34.8 Å². The van der Waals surface area contributed by atoms with Crippen LogP contribution in [0.1, 0.15) is 10.4 Å². The Morgan fingerprint density at radius 1 is 0.933 bits per heavy atom. The van der Waals surface area contributed by atoms with Gasteiger partial charge in [0.15, 0.2) is 0 Å². The predicted molar refractivity (Wildman–Crippen MR) is 120 cm³/mol. The number of halogens is 2. The number of amides is 2. The largest absolute Gasteiger partial charge is 0.343 e. The second-order valence-corrected chi connectivity index (χ2v) is 9.07. The van der Waals surface area contributed by atoms with Crippen LogP contribution in [-0.4, -0.2) is 33.0 Å². The first-order valence-electron chi connectivity index (χ1n) is 8.66. The number of carbonyl (C=O) groups is 2. The maximum Gasteiger partial charge on any atom is 0.253 e. The smallest absolute Gasteiger partial charge is 0.253 e. The molecule has 30 heavy (non-hydrogen) atoms. The molecule has 10 heteroatoms. The van der Waals surface area contributed by atoms with Crippen molar-refractivity contribution in [3.8, 4) is 0 Å². The van der Waals surface area contributed by atoms with Crippen molar-refractivity contribution in [2.45, 2.75) is 0 Å². The Morgan fingerprint density at radius 3 is 2.27 bits per heavy atom. The molecule has 3 rings (SSSR count). The van der Waals surface area contributed by atoms with E-state index in [0.717, 1.165) is 17.0 Å². The maximum absolute atomic E-state index is 12.7. The van der Waals surface area contributed by atoms with Crippen molar-refractivity contribution in [1.82, 2.24) is 5.32 Å². The molecule has 0 aliphatic rings. The minimum Gasteiger partial charge on any atom is -0.343 e. The van der Waals surface area contributed by atoms with Crippen LogP contribution in [0.5, 0.6) is 0 Å². The molecular formula is C20H17Cl2N3O4S. The molecule has 3 aromatic rings. The molecule has 2 amide bonds. The van der Waals surface area contributed by atoms with Crippen molar-refractivity contribution in [2.75, 3.05) is 22.8 Å². The van der Waals surface area contributed by atoms with Gasteiger partial charge in [0.25, 0.3) is 5.91 Å². The van der Waals surface area contributed by atoms with Crippen molar-refractivity contribution in [3.05, 3.63) is 70.2 Å². The number of sulfonamides is 1. The second kappa shape index (κ2) is 8.91. The van der Waals surface area contributed by atoms with Crippen LogP contribution >= 0.6 is 23.2 Å². The summed E-state index contributed by atoms with van der Waals surface area (Å²) in [4.78, 5) is 24.9. The lowest BCUT2D eigenvalue weighted by Gasteiger charge is -2.13. The molecule has 0 saturated carbocycles. The van der Waals surface area contributed by atoms with Gasteiger partial charge < -0.3 is 10.6 Å². The highest BCUT2D eigenvalue weighted by molar-refractivity contribution is 7.92. The molecule has 0 aliphatic heterocycles. The standard InChI is InChI=1S/C20H17Cl2N3O4S/c1-30(28,29)25-17-9-13-5-3-2-4-12(13)8-15(17)20(27)23-11-19(26)24-18-10-14(21)6-7-16(18)22/h2-10,25H,11H2,1H3,(H,23,27)(H,24,26). The Labute approximate surface area is 183 Å². The van der Waals surface area contributed by atoms with Gasteiger partial charge in [-0.25, -0.2) is 8.42 Å². The van der Waals surface area contributed by atoms with E-state index >= 15 is 0 Å². The third-order valence-electron chi connectivity index (χ3n) is 4.04. The summed E-state index contributed by atoms with van der Waals surface area (Å²) in [5.41, 5.74) is 0.522. The molecule has 0 aliphatic carbocycles. The summed E-state index contributed by atoms with van der Waals surface area (Å²) in [6.45, 7) is -0.354. The van der Waals surface area contributed by atoms with Crippen LogP contribution in [0.25, 0.3) is 10.8 Å². The molecule has 0 aromatic heterocycles. The SMILES string of the molecule is CS(=O)(=O)Nc1cc2ccccc2cc1C(=O)NCC(=O)Nc1cc(Cl)ccc1Cl. The summed E-state index contributed by atoms with van der Waals surface area (Å²) >= 11 is 11.9. The van der Waals surface area contributed by atoms with Gasteiger partial charge in [-0.15, -0.1) is 0 Å². The van der Waals surface area contributed by atoms with Gasteiger partial charge in [-0.2, -0.15) is 0 Å². The number of anilines is 2. The molecule has 3 N–H and O–H groups in total. The van der Waals surface area contributed by atoms with Crippen molar-refractivity contribution < 1.29 is 18.0 Å². The first-order valence-corrected chi connectivity index (χ1v) is 11.3. The zero-order chi connectivity index (χ0) is 21.9. The fourth-order valence-electron chi connectivity index (χ4n) is 2.76. The van der Waals surface area contributed by atoms with Gasteiger partial charge in [0.2, 0.25) is 15.9 Å². The Hall–Kier alpha value is -2.81. The fourth-order valence-corrected chi connectivity index (χ4v) is 3.66. The number of fused-ring (bicyclic) bond motifs is 1. The highest BCUT2D eigenvalue weighted by Gasteiger charge is 2.17. The van der Waals surface area contributed by atoms with E-state index in [1.807, 2.05) is 0 Å². The molecule has 156 valence electrons. The minimum atomic E-state index is -3.62. The van der Waals surface area contributed by atoms with Crippen LogP contribution < -0.4 is 15.4 Å². The van der Waals surface area contributed by atoms with Crippen molar-refractivity contribution in [3.63, 3.8) is 0 Å². The summed E-state index contributed by atoms with van der Waals surface area (Å²) in [5.74, 6) is -1.13. The van der Waals surface area contributed by atoms with E-state index in [-0.39, 0.29) is 17.8 Å². The van der Waals surface area contributed by atoms with Crippen molar-refractivity contribution in [2.24, 2.45) is 0 Å². The molecule has 0 bridgehead atoms. The normalized spacial score (nSPS) is 11.2. The lowest BCUT2D eigenvalue weighted by atomic mass is 10.0. The van der Waals surface area contributed by atoms with Gasteiger partial charge >= 0.3 is 0 Å². The topological polar surface area (TPSA) is 104 Å². The van der Waals surface area contributed by atoms with E-state index in [1.54, 1.807) is 42.5 Å². The molecule has 0 heterocycles. The zero-order valence-electron chi connectivity index (χ0n) is 15.7. The van der Waals surface area contributed by atoms with Gasteiger partial charge in [0.1, 0.15) is 0 Å². The van der Waals surface area contributed by atoms with Crippen LogP contribution in [0.2, 0.25) is 10.0 Å². The number of rotatable bonds is 6. The van der Waals surface area contributed by atoms with E-state index in [9.17, 15) is 18.0 Å². The van der Waals surface area contributed by atoms with Gasteiger partial charge in [-0.05, 0) is 41.1 Å². The highest BCUT2D eigenvalue weighted by Crippen LogP contribution is 2.26. The average molecular weight is 466 g/mol. The summed E-state index contributed by atoms with van der Waals surface area (Å²) < 4.78 is 25.8. The third kappa shape index (κ3) is 5.63. The number of benzene rings is 3. The lowest BCUT2D eigenvalue weighted by molar-refractivity contribution is -0.115. The second-order valence-electron chi connectivity index (χ2n) is 6.47. The van der Waals surface area contributed by atoms with Gasteiger partial charge in [0, 0.05) is 5.02 Å². The molecular weight excluding hydrogens is 449 g/mol. The minimum absolute atomic E-state index is 0.0905. The maximum atomic E-state index is 12.7. The Morgan fingerprint density at radius 2 is 1.60 bits per heavy atom. The molecule has 0 radical (unpaired) electrons. The fraction of sp³-hybridized carbons (Fsp3) is 0.100. The number of hydrogen-bond acceptors (Lipinski definition) is 4. The number of nitrogens with one attached hydrogen (secondary N) is 3.